The third-order valence-electron chi connectivity index (χ3n) is 3.77. The van der Waals surface area contributed by atoms with Gasteiger partial charge in [0, 0.05) is 17.7 Å². The summed E-state index contributed by atoms with van der Waals surface area (Å²) in [7, 11) is 0. The van der Waals surface area contributed by atoms with Crippen LogP contribution in [0.2, 0.25) is 5.02 Å². The van der Waals surface area contributed by atoms with E-state index in [1.54, 1.807) is 24.3 Å². The number of rotatable bonds is 2. The van der Waals surface area contributed by atoms with E-state index in [2.05, 4.69) is 9.55 Å². The molecule has 0 unspecified atom stereocenters. The second-order valence-corrected chi connectivity index (χ2v) is 5.74. The fourth-order valence-corrected chi connectivity index (χ4v) is 2.80. The Morgan fingerprint density at radius 3 is 2.71 bits per heavy atom. The number of nitrogens with zero attached hydrogens (tertiary/aromatic N) is 2. The van der Waals surface area contributed by atoms with E-state index in [-0.39, 0.29) is 16.6 Å². The minimum atomic E-state index is -0.293. The SMILES string of the molecule is Oc1ccc(-c2nc3cc(F)ccc3n2C2CC2)cc1Cl. The highest BCUT2D eigenvalue weighted by molar-refractivity contribution is 6.32. The molecule has 106 valence electrons. The molecule has 4 rings (SSSR count). The van der Waals surface area contributed by atoms with Gasteiger partial charge in [-0.3, -0.25) is 0 Å². The van der Waals surface area contributed by atoms with E-state index in [0.717, 1.165) is 29.7 Å². The van der Waals surface area contributed by atoms with Gasteiger partial charge < -0.3 is 9.67 Å². The van der Waals surface area contributed by atoms with Crippen LogP contribution in [0.25, 0.3) is 22.4 Å². The van der Waals surface area contributed by atoms with Crippen LogP contribution in [0, 0.1) is 5.82 Å². The maximum Gasteiger partial charge on any atom is 0.141 e. The smallest absolute Gasteiger partial charge is 0.141 e. The Morgan fingerprint density at radius 2 is 2.00 bits per heavy atom. The van der Waals surface area contributed by atoms with Crippen LogP contribution in [-0.2, 0) is 0 Å². The van der Waals surface area contributed by atoms with Crippen LogP contribution in [0.3, 0.4) is 0 Å². The molecule has 2 aromatic carbocycles. The van der Waals surface area contributed by atoms with Crippen molar-refractivity contribution < 1.29 is 9.50 Å². The molecule has 1 fully saturated rings. The summed E-state index contributed by atoms with van der Waals surface area (Å²) in [5.74, 6) is 0.513. The van der Waals surface area contributed by atoms with Crippen LogP contribution < -0.4 is 0 Å². The van der Waals surface area contributed by atoms with Crippen LogP contribution in [0.1, 0.15) is 18.9 Å². The van der Waals surface area contributed by atoms with Gasteiger partial charge in [-0.05, 0) is 43.2 Å². The monoisotopic (exact) mass is 302 g/mol. The first-order valence-corrected chi connectivity index (χ1v) is 7.17. The van der Waals surface area contributed by atoms with E-state index in [1.807, 2.05) is 0 Å². The highest BCUT2D eigenvalue weighted by Gasteiger charge is 2.28. The number of fused-ring (bicyclic) bond motifs is 1. The lowest BCUT2D eigenvalue weighted by Crippen LogP contribution is -1.97. The van der Waals surface area contributed by atoms with Crippen molar-refractivity contribution >= 4 is 22.6 Å². The first-order valence-electron chi connectivity index (χ1n) is 6.80. The van der Waals surface area contributed by atoms with Crippen molar-refractivity contribution in [1.29, 1.82) is 0 Å². The number of imidazole rings is 1. The third kappa shape index (κ3) is 2.07. The van der Waals surface area contributed by atoms with Crippen molar-refractivity contribution in [2.75, 3.05) is 0 Å². The van der Waals surface area contributed by atoms with Gasteiger partial charge >= 0.3 is 0 Å². The summed E-state index contributed by atoms with van der Waals surface area (Å²) < 4.78 is 15.5. The van der Waals surface area contributed by atoms with Crippen molar-refractivity contribution in [2.45, 2.75) is 18.9 Å². The molecule has 5 heteroatoms. The predicted octanol–water partition coefficient (Wildman–Crippen LogP) is 4.54. The lowest BCUT2D eigenvalue weighted by atomic mass is 10.2. The zero-order chi connectivity index (χ0) is 14.6. The molecule has 0 saturated heterocycles. The number of phenols is 1. The Morgan fingerprint density at radius 1 is 1.19 bits per heavy atom. The standard InChI is InChI=1S/C16H12ClFN2O/c17-12-7-9(1-6-15(12)21)16-19-13-8-10(18)2-5-14(13)20(16)11-3-4-11/h1-2,5-8,11,21H,3-4H2. The summed E-state index contributed by atoms with van der Waals surface area (Å²) in [6.07, 6.45) is 2.20. The fraction of sp³-hybridized carbons (Fsp3) is 0.188. The zero-order valence-corrected chi connectivity index (χ0v) is 11.8. The van der Waals surface area contributed by atoms with E-state index in [0.29, 0.717) is 11.6 Å². The molecule has 0 radical (unpaired) electrons. The minimum Gasteiger partial charge on any atom is -0.506 e. The molecule has 1 aromatic heterocycles. The Hall–Kier alpha value is -2.07. The molecule has 0 bridgehead atoms. The van der Waals surface area contributed by atoms with Gasteiger partial charge in [0.2, 0.25) is 0 Å². The summed E-state index contributed by atoms with van der Waals surface area (Å²) in [4.78, 5) is 4.56. The fourth-order valence-electron chi connectivity index (χ4n) is 2.62. The van der Waals surface area contributed by atoms with E-state index in [4.69, 9.17) is 11.6 Å². The second kappa shape index (κ2) is 4.46. The van der Waals surface area contributed by atoms with E-state index < -0.39 is 0 Å². The van der Waals surface area contributed by atoms with E-state index in [1.165, 1.54) is 12.1 Å². The highest BCUT2D eigenvalue weighted by Crippen LogP contribution is 2.42. The summed E-state index contributed by atoms with van der Waals surface area (Å²) in [6, 6.07) is 10.1. The van der Waals surface area contributed by atoms with Gasteiger partial charge in [0.15, 0.2) is 0 Å². The molecule has 3 aromatic rings. The Kier molecular flexibility index (Phi) is 2.69. The van der Waals surface area contributed by atoms with Crippen molar-refractivity contribution in [3.8, 4) is 17.1 Å². The molecule has 3 nitrogen and oxygen atoms in total. The van der Waals surface area contributed by atoms with Crippen LogP contribution in [0.4, 0.5) is 4.39 Å². The van der Waals surface area contributed by atoms with Crippen molar-refractivity contribution in [1.82, 2.24) is 9.55 Å². The average molecular weight is 303 g/mol. The Balaban J connectivity index is 1.98. The van der Waals surface area contributed by atoms with Gasteiger partial charge in [0.25, 0.3) is 0 Å². The van der Waals surface area contributed by atoms with Crippen LogP contribution in [0.5, 0.6) is 5.75 Å². The molecule has 21 heavy (non-hydrogen) atoms. The predicted molar refractivity (Wildman–Crippen MR) is 80.1 cm³/mol. The number of aromatic hydroxyl groups is 1. The maximum absolute atomic E-state index is 13.4. The molecular weight excluding hydrogens is 291 g/mol. The molecule has 0 atom stereocenters. The second-order valence-electron chi connectivity index (χ2n) is 5.34. The van der Waals surface area contributed by atoms with E-state index in [9.17, 15) is 9.50 Å². The lowest BCUT2D eigenvalue weighted by Gasteiger charge is -2.08. The van der Waals surface area contributed by atoms with Crippen LogP contribution >= 0.6 is 11.6 Å². The minimum absolute atomic E-state index is 0.0422. The number of halogens is 2. The Labute approximate surface area is 125 Å². The van der Waals surface area contributed by atoms with Crippen molar-refractivity contribution in [2.24, 2.45) is 0 Å². The van der Waals surface area contributed by atoms with Gasteiger partial charge in [0.05, 0.1) is 16.1 Å². The summed E-state index contributed by atoms with van der Waals surface area (Å²) in [6.45, 7) is 0. The summed E-state index contributed by atoms with van der Waals surface area (Å²) >= 11 is 5.99. The topological polar surface area (TPSA) is 38.1 Å². The summed E-state index contributed by atoms with van der Waals surface area (Å²) in [5, 5.41) is 9.83. The lowest BCUT2D eigenvalue weighted by molar-refractivity contribution is 0.475. The number of aromatic nitrogens is 2. The number of phenolic OH excluding ortho intramolecular Hbond substituents is 1. The maximum atomic E-state index is 13.4. The number of hydrogen-bond donors (Lipinski definition) is 1. The molecule has 1 aliphatic rings. The van der Waals surface area contributed by atoms with Crippen LogP contribution in [-0.4, -0.2) is 14.7 Å². The van der Waals surface area contributed by atoms with Gasteiger partial charge in [-0.1, -0.05) is 11.6 Å². The molecule has 1 N–H and O–H groups in total. The van der Waals surface area contributed by atoms with Gasteiger partial charge in [-0.25, -0.2) is 9.37 Å². The molecule has 0 aliphatic heterocycles. The molecule has 1 heterocycles. The molecule has 1 saturated carbocycles. The van der Waals surface area contributed by atoms with Gasteiger partial charge in [-0.2, -0.15) is 0 Å². The highest BCUT2D eigenvalue weighted by atomic mass is 35.5. The van der Waals surface area contributed by atoms with Gasteiger partial charge in [0.1, 0.15) is 17.4 Å². The third-order valence-corrected chi connectivity index (χ3v) is 4.07. The first kappa shape index (κ1) is 12.7. The summed E-state index contributed by atoms with van der Waals surface area (Å²) in [5.41, 5.74) is 2.39. The normalized spacial score (nSPS) is 14.8. The largest absolute Gasteiger partial charge is 0.506 e. The van der Waals surface area contributed by atoms with Crippen LogP contribution in [0.15, 0.2) is 36.4 Å². The Bertz CT molecular complexity index is 855. The molecule has 0 amide bonds. The molecule has 1 aliphatic carbocycles. The van der Waals surface area contributed by atoms with Crippen molar-refractivity contribution in [3.63, 3.8) is 0 Å². The molecule has 0 spiro atoms. The average Bonchev–Trinajstić information content (AvgIpc) is 3.22. The quantitative estimate of drug-likeness (QED) is 0.755. The van der Waals surface area contributed by atoms with E-state index >= 15 is 0 Å². The number of hydrogen-bond acceptors (Lipinski definition) is 2. The number of benzene rings is 2. The molecular formula is C16H12ClFN2O. The zero-order valence-electron chi connectivity index (χ0n) is 11.1. The first-order chi connectivity index (χ1) is 10.1. The van der Waals surface area contributed by atoms with Crippen molar-refractivity contribution in [3.05, 3.63) is 47.2 Å². The van der Waals surface area contributed by atoms with Gasteiger partial charge in [-0.15, -0.1) is 0 Å².